The highest BCUT2D eigenvalue weighted by Gasteiger charge is 2.39. The Morgan fingerprint density at radius 2 is 1.53 bits per heavy atom. The van der Waals surface area contributed by atoms with E-state index in [2.05, 4.69) is 57.8 Å². The summed E-state index contributed by atoms with van der Waals surface area (Å²) in [7, 11) is -3.69. The summed E-state index contributed by atoms with van der Waals surface area (Å²) < 4.78 is 22.4. The van der Waals surface area contributed by atoms with Crippen LogP contribution in [-0.4, -0.2) is 19.9 Å². The number of alkyl halides is 3. The summed E-state index contributed by atoms with van der Waals surface area (Å²) in [5.41, 5.74) is 1.22. The third kappa shape index (κ3) is 2.98. The van der Waals surface area contributed by atoms with Gasteiger partial charge in [-0.25, -0.2) is 18.4 Å². The first kappa shape index (κ1) is 13.5. The van der Waals surface area contributed by atoms with Gasteiger partial charge in [0, 0.05) is 11.4 Å². The van der Waals surface area contributed by atoms with E-state index in [0.29, 0.717) is 11.4 Å². The van der Waals surface area contributed by atoms with E-state index in [-0.39, 0.29) is 5.16 Å². The van der Waals surface area contributed by atoms with Crippen LogP contribution in [0.15, 0.2) is 11.2 Å². The van der Waals surface area contributed by atoms with Gasteiger partial charge in [0.2, 0.25) is 11.3 Å². The van der Waals surface area contributed by atoms with E-state index in [1.807, 2.05) is 0 Å². The summed E-state index contributed by atoms with van der Waals surface area (Å²) in [5.74, 6) is 0. The van der Waals surface area contributed by atoms with Crippen molar-refractivity contribution in [2.24, 2.45) is 0 Å². The van der Waals surface area contributed by atoms with Crippen LogP contribution in [0.3, 0.4) is 0 Å². The van der Waals surface area contributed by atoms with E-state index < -0.39 is 11.3 Å². The molecule has 0 amide bonds. The molecule has 1 rings (SSSR count). The first-order valence-corrected chi connectivity index (χ1v) is 7.64. The number of hydrogen-bond donors (Lipinski definition) is 0. The molecular weight excluding hydrogens is 416 g/mol. The molecule has 0 aliphatic rings. The van der Waals surface area contributed by atoms with Gasteiger partial charge in [0.05, 0.1) is 0 Å². The zero-order valence-electron chi connectivity index (χ0n) is 7.83. The smallest absolute Gasteiger partial charge is 0.224 e. The number of aryl methyl sites for hydroxylation is 2. The fourth-order valence-corrected chi connectivity index (χ4v) is 2.96. The van der Waals surface area contributed by atoms with Gasteiger partial charge in [-0.3, -0.25) is 0 Å². The van der Waals surface area contributed by atoms with E-state index in [4.69, 9.17) is 0 Å². The van der Waals surface area contributed by atoms with Crippen LogP contribution in [-0.2, 0) is 9.84 Å². The molecule has 0 aromatic carbocycles. The molecule has 0 fully saturated rings. The first-order valence-electron chi connectivity index (χ1n) is 3.78. The summed E-state index contributed by atoms with van der Waals surface area (Å²) in [6, 6.07) is 1.71. The van der Waals surface area contributed by atoms with Crippen LogP contribution >= 0.6 is 47.8 Å². The van der Waals surface area contributed by atoms with Crippen molar-refractivity contribution in [3.05, 3.63) is 17.5 Å². The van der Waals surface area contributed by atoms with Crippen molar-refractivity contribution in [3.8, 4) is 0 Å². The maximum absolute atomic E-state index is 11.9. The van der Waals surface area contributed by atoms with Gasteiger partial charge >= 0.3 is 0 Å². The predicted octanol–water partition coefficient (Wildman–Crippen LogP) is 2.66. The number of sulfone groups is 1. The minimum Gasteiger partial charge on any atom is -0.224 e. The van der Waals surface area contributed by atoms with E-state index >= 15 is 0 Å². The second-order valence-corrected chi connectivity index (χ2v) is 13.2. The summed E-state index contributed by atoms with van der Waals surface area (Å²) in [4.78, 5) is 7.77. The fourth-order valence-electron chi connectivity index (χ4n) is 0.917. The Hall–Kier alpha value is 0.470. The molecule has 15 heavy (non-hydrogen) atoms. The second kappa shape index (κ2) is 4.38. The minimum atomic E-state index is -3.69. The largest absolute Gasteiger partial charge is 0.250 e. The highest BCUT2D eigenvalue weighted by atomic mass is 80.0. The monoisotopic (exact) mass is 420 g/mol. The Morgan fingerprint density at radius 3 is 1.87 bits per heavy atom. The standard InChI is InChI=1S/C7H7Br3N2O2S/c1-4-3-5(2)12-6(11-4)15(13,14)7(8,9)10/h3H,1-2H3. The van der Waals surface area contributed by atoms with Crippen LogP contribution in [0.5, 0.6) is 0 Å². The van der Waals surface area contributed by atoms with Gasteiger partial charge < -0.3 is 0 Å². The molecule has 1 aromatic heterocycles. The lowest BCUT2D eigenvalue weighted by atomic mass is 10.4. The highest BCUT2D eigenvalue weighted by Crippen LogP contribution is 2.42. The maximum Gasteiger partial charge on any atom is 0.250 e. The Balaban J connectivity index is 3.41. The molecule has 8 heteroatoms. The Morgan fingerprint density at radius 1 is 1.13 bits per heavy atom. The van der Waals surface area contributed by atoms with E-state index in [1.165, 1.54) is 0 Å². The number of aromatic nitrogens is 2. The van der Waals surface area contributed by atoms with Crippen LogP contribution in [0, 0.1) is 13.8 Å². The lowest BCUT2D eigenvalue weighted by Crippen LogP contribution is -2.21. The van der Waals surface area contributed by atoms with Gasteiger partial charge in [0.1, 0.15) is 0 Å². The van der Waals surface area contributed by atoms with Gasteiger partial charge in [0.25, 0.3) is 5.16 Å². The molecule has 1 aromatic rings. The highest BCUT2D eigenvalue weighted by molar-refractivity contribution is 9.42. The Labute approximate surface area is 113 Å². The first-order chi connectivity index (χ1) is 6.64. The third-order valence-electron chi connectivity index (χ3n) is 1.51. The predicted molar refractivity (Wildman–Crippen MR) is 68.2 cm³/mol. The molecular formula is C7H7Br3N2O2S. The third-order valence-corrected chi connectivity index (χ3v) is 6.62. The molecule has 84 valence electrons. The average molecular weight is 423 g/mol. The molecule has 0 unspecified atom stereocenters. The van der Waals surface area contributed by atoms with Crippen LogP contribution in [0.1, 0.15) is 11.4 Å². The van der Waals surface area contributed by atoms with Crippen molar-refractivity contribution < 1.29 is 8.42 Å². The molecule has 0 radical (unpaired) electrons. The van der Waals surface area contributed by atoms with E-state index in [0.717, 1.165) is 0 Å². The van der Waals surface area contributed by atoms with Gasteiger partial charge in [-0.15, -0.1) is 0 Å². The number of hydrogen-bond acceptors (Lipinski definition) is 4. The van der Waals surface area contributed by atoms with Crippen molar-refractivity contribution in [2.45, 2.75) is 20.5 Å². The van der Waals surface area contributed by atoms with Crippen LogP contribution in [0.4, 0.5) is 0 Å². The molecule has 0 bridgehead atoms. The molecule has 1 heterocycles. The minimum absolute atomic E-state index is 0.217. The molecule has 0 aliphatic carbocycles. The van der Waals surface area contributed by atoms with Gasteiger partial charge in [-0.2, -0.15) is 0 Å². The number of rotatable bonds is 1. The maximum atomic E-state index is 11.9. The van der Waals surface area contributed by atoms with Crippen molar-refractivity contribution in [1.29, 1.82) is 0 Å². The molecule has 4 nitrogen and oxygen atoms in total. The van der Waals surface area contributed by atoms with Crippen molar-refractivity contribution in [1.82, 2.24) is 9.97 Å². The molecule has 0 N–H and O–H groups in total. The normalized spacial score (nSPS) is 12.9. The SMILES string of the molecule is Cc1cc(C)nc(S(=O)(=O)C(Br)(Br)Br)n1. The quantitative estimate of drug-likeness (QED) is 0.515. The van der Waals surface area contributed by atoms with Crippen LogP contribution in [0.25, 0.3) is 0 Å². The van der Waals surface area contributed by atoms with Gasteiger partial charge in [-0.05, 0) is 67.7 Å². The van der Waals surface area contributed by atoms with E-state index in [1.54, 1.807) is 19.9 Å². The van der Waals surface area contributed by atoms with E-state index in [9.17, 15) is 8.42 Å². The zero-order chi connectivity index (χ0) is 11.9. The lowest BCUT2D eigenvalue weighted by Gasteiger charge is -2.12. The van der Waals surface area contributed by atoms with Crippen molar-refractivity contribution in [3.63, 3.8) is 0 Å². The van der Waals surface area contributed by atoms with Crippen LogP contribution < -0.4 is 0 Å². The van der Waals surface area contributed by atoms with Gasteiger partial charge in [0.15, 0.2) is 0 Å². The summed E-state index contributed by atoms with van der Waals surface area (Å²) in [6.45, 7) is 3.43. The molecule has 0 aliphatic heterocycles. The molecule has 0 spiro atoms. The van der Waals surface area contributed by atoms with Crippen molar-refractivity contribution >= 4 is 57.6 Å². The number of nitrogens with zero attached hydrogens (tertiary/aromatic N) is 2. The number of halogens is 3. The topological polar surface area (TPSA) is 59.9 Å². The summed E-state index contributed by atoms with van der Waals surface area (Å²) in [5, 5.41) is -0.217. The summed E-state index contributed by atoms with van der Waals surface area (Å²) in [6.07, 6.45) is 0. The Bertz CT molecular complexity index is 461. The summed E-state index contributed by atoms with van der Waals surface area (Å²) >= 11 is 8.85. The zero-order valence-corrected chi connectivity index (χ0v) is 13.4. The van der Waals surface area contributed by atoms with Crippen molar-refractivity contribution in [2.75, 3.05) is 0 Å². The molecule has 0 atom stereocenters. The average Bonchev–Trinajstić information content (AvgIpc) is 1.99. The lowest BCUT2D eigenvalue weighted by molar-refractivity contribution is 0.588. The fraction of sp³-hybridized carbons (Fsp3) is 0.429. The molecule has 0 saturated carbocycles. The van der Waals surface area contributed by atoms with Gasteiger partial charge in [-0.1, -0.05) is 0 Å². The van der Waals surface area contributed by atoms with Crippen LogP contribution in [0.2, 0.25) is 0 Å². The Kier molecular flexibility index (Phi) is 3.96. The second-order valence-electron chi connectivity index (χ2n) is 2.88. The molecule has 0 saturated heterocycles.